The van der Waals surface area contributed by atoms with Gasteiger partial charge >= 0.3 is 0 Å². The molecule has 1 aliphatic rings. The van der Waals surface area contributed by atoms with Gasteiger partial charge in [-0.05, 0) is 29.7 Å². The largest absolute Gasteiger partial charge is 0.496 e. The molecule has 1 aliphatic heterocycles. The maximum absolute atomic E-state index is 13.1. The number of carbonyl (C=O) groups is 2. The van der Waals surface area contributed by atoms with Crippen LogP contribution in [0.3, 0.4) is 0 Å². The Kier molecular flexibility index (Phi) is 6.80. The van der Waals surface area contributed by atoms with E-state index < -0.39 is 0 Å². The highest BCUT2D eigenvalue weighted by Gasteiger charge is 2.41. The molecule has 0 radical (unpaired) electrons. The molecule has 2 aromatic rings. The van der Waals surface area contributed by atoms with Gasteiger partial charge in [-0.1, -0.05) is 55.8 Å². The van der Waals surface area contributed by atoms with Crippen molar-refractivity contribution in [2.24, 2.45) is 11.8 Å². The van der Waals surface area contributed by atoms with Crippen molar-refractivity contribution in [3.8, 4) is 5.75 Å². The normalized spacial score (nSPS) is 18.7. The number of likely N-dealkylation sites (tertiary alicyclic amines) is 1. The molecule has 5 nitrogen and oxygen atoms in total. The topological polar surface area (TPSA) is 58.6 Å². The summed E-state index contributed by atoms with van der Waals surface area (Å²) < 4.78 is 5.53. The van der Waals surface area contributed by atoms with Crippen LogP contribution < -0.4 is 10.1 Å². The first-order valence-electron chi connectivity index (χ1n) is 9.86. The van der Waals surface area contributed by atoms with Crippen molar-refractivity contribution in [2.45, 2.75) is 19.8 Å². The van der Waals surface area contributed by atoms with Crippen LogP contribution in [0.4, 0.5) is 0 Å². The van der Waals surface area contributed by atoms with Crippen LogP contribution in [-0.2, 0) is 4.79 Å². The number of nitrogens with one attached hydrogen (secondary N) is 1. The van der Waals surface area contributed by atoms with Gasteiger partial charge in [-0.3, -0.25) is 9.59 Å². The highest BCUT2D eigenvalue weighted by Crippen LogP contribution is 2.38. The van der Waals surface area contributed by atoms with E-state index in [0.29, 0.717) is 36.1 Å². The Hall–Kier alpha value is -2.53. The fraction of sp³-hybridized carbons (Fsp3) is 0.391. The summed E-state index contributed by atoms with van der Waals surface area (Å²) in [6, 6.07) is 14.7. The van der Waals surface area contributed by atoms with Crippen molar-refractivity contribution in [2.75, 3.05) is 26.7 Å². The molecule has 3 rings (SSSR count). The third kappa shape index (κ3) is 4.73. The maximum Gasteiger partial charge on any atom is 0.255 e. The van der Waals surface area contributed by atoms with E-state index in [2.05, 4.69) is 19.2 Å². The summed E-state index contributed by atoms with van der Waals surface area (Å²) in [6.07, 6.45) is 0. The number of rotatable bonds is 6. The third-order valence-electron chi connectivity index (χ3n) is 5.27. The van der Waals surface area contributed by atoms with Gasteiger partial charge in [0.1, 0.15) is 5.75 Å². The molecular formula is C23H27ClN2O3. The number of hydrogen-bond donors (Lipinski definition) is 1. The van der Waals surface area contributed by atoms with Crippen LogP contribution in [0.1, 0.15) is 35.7 Å². The van der Waals surface area contributed by atoms with Gasteiger partial charge in [0.15, 0.2) is 0 Å². The first-order chi connectivity index (χ1) is 13.9. The van der Waals surface area contributed by atoms with Crippen LogP contribution in [0, 0.1) is 11.8 Å². The zero-order chi connectivity index (χ0) is 21.0. The Morgan fingerprint density at radius 2 is 1.83 bits per heavy atom. The number of para-hydroxylation sites is 1. The Morgan fingerprint density at radius 1 is 1.14 bits per heavy atom. The minimum Gasteiger partial charge on any atom is -0.496 e. The lowest BCUT2D eigenvalue weighted by molar-refractivity contribution is -0.125. The molecule has 2 unspecified atom stereocenters. The van der Waals surface area contributed by atoms with Gasteiger partial charge in [0.05, 0.1) is 23.6 Å². The van der Waals surface area contributed by atoms with Crippen LogP contribution in [0.2, 0.25) is 5.02 Å². The molecule has 1 fully saturated rings. The molecule has 2 aromatic carbocycles. The molecule has 6 heteroatoms. The van der Waals surface area contributed by atoms with Crippen LogP contribution in [-0.4, -0.2) is 43.5 Å². The van der Waals surface area contributed by atoms with E-state index in [0.717, 1.165) is 11.3 Å². The van der Waals surface area contributed by atoms with Crippen molar-refractivity contribution in [1.82, 2.24) is 10.2 Å². The number of halogens is 1. The molecule has 29 heavy (non-hydrogen) atoms. The van der Waals surface area contributed by atoms with Gasteiger partial charge in [0.25, 0.3) is 5.91 Å². The number of methoxy groups -OCH3 is 1. The minimum atomic E-state index is -0.350. The van der Waals surface area contributed by atoms with E-state index in [1.807, 2.05) is 24.3 Å². The highest BCUT2D eigenvalue weighted by atomic mass is 35.5. The lowest BCUT2D eigenvalue weighted by Crippen LogP contribution is -2.37. The average Bonchev–Trinajstić information content (AvgIpc) is 3.17. The summed E-state index contributed by atoms with van der Waals surface area (Å²) >= 11 is 6.24. The molecular weight excluding hydrogens is 388 g/mol. The number of amides is 2. The quantitative estimate of drug-likeness (QED) is 0.777. The molecule has 0 saturated carbocycles. The van der Waals surface area contributed by atoms with E-state index >= 15 is 0 Å². The molecule has 0 aromatic heterocycles. The third-order valence-corrected chi connectivity index (χ3v) is 5.60. The smallest absolute Gasteiger partial charge is 0.255 e. The lowest BCUT2D eigenvalue weighted by Gasteiger charge is -2.20. The molecule has 0 aliphatic carbocycles. The van der Waals surface area contributed by atoms with E-state index in [-0.39, 0.29) is 23.7 Å². The van der Waals surface area contributed by atoms with Gasteiger partial charge in [0, 0.05) is 25.6 Å². The van der Waals surface area contributed by atoms with Crippen molar-refractivity contribution in [1.29, 1.82) is 0 Å². The lowest BCUT2D eigenvalue weighted by atomic mass is 9.87. The highest BCUT2D eigenvalue weighted by molar-refractivity contribution is 6.33. The standard InChI is InChI=1S/C23H27ClN2O3/c1-15(2)12-25-22(27)19-14-26(23(28)17-9-4-6-10-20(17)24)13-18(19)16-8-5-7-11-21(16)29-3/h4-11,15,18-19H,12-14H2,1-3H3,(H,25,27). The number of benzene rings is 2. The summed E-state index contributed by atoms with van der Waals surface area (Å²) in [5.74, 6) is 0.386. The number of nitrogens with zero attached hydrogens (tertiary/aromatic N) is 1. The zero-order valence-corrected chi connectivity index (χ0v) is 17.8. The average molecular weight is 415 g/mol. The molecule has 154 valence electrons. The van der Waals surface area contributed by atoms with Crippen molar-refractivity contribution in [3.05, 3.63) is 64.7 Å². The second-order valence-electron chi connectivity index (χ2n) is 7.78. The van der Waals surface area contributed by atoms with Gasteiger partial charge < -0.3 is 15.0 Å². The monoisotopic (exact) mass is 414 g/mol. The number of carbonyl (C=O) groups excluding carboxylic acids is 2. The Labute approximate surface area is 177 Å². The summed E-state index contributed by atoms with van der Waals surface area (Å²) in [6.45, 7) is 5.49. The predicted octanol–water partition coefficient (Wildman–Crippen LogP) is 3.98. The van der Waals surface area contributed by atoms with Gasteiger partial charge in [-0.2, -0.15) is 0 Å². The second kappa shape index (κ2) is 9.31. The predicted molar refractivity (Wildman–Crippen MR) is 114 cm³/mol. The summed E-state index contributed by atoms with van der Waals surface area (Å²) in [4.78, 5) is 27.8. The Morgan fingerprint density at radius 3 is 2.52 bits per heavy atom. The first kappa shape index (κ1) is 21.2. The summed E-state index contributed by atoms with van der Waals surface area (Å²) in [5, 5.41) is 3.44. The van der Waals surface area contributed by atoms with Crippen molar-refractivity contribution >= 4 is 23.4 Å². The van der Waals surface area contributed by atoms with Crippen LogP contribution >= 0.6 is 11.6 Å². The van der Waals surface area contributed by atoms with Gasteiger partial charge in [-0.25, -0.2) is 0 Å². The SMILES string of the molecule is COc1ccccc1C1CN(C(=O)c2ccccc2Cl)CC1C(=O)NCC(C)C. The summed E-state index contributed by atoms with van der Waals surface area (Å²) in [7, 11) is 1.62. The first-order valence-corrected chi connectivity index (χ1v) is 10.2. The van der Waals surface area contributed by atoms with Crippen LogP contribution in [0.25, 0.3) is 0 Å². The molecule has 0 bridgehead atoms. The molecule has 2 amide bonds. The number of hydrogen-bond acceptors (Lipinski definition) is 3. The fourth-order valence-corrected chi connectivity index (χ4v) is 3.98. The molecule has 1 N–H and O–H groups in total. The fourth-order valence-electron chi connectivity index (χ4n) is 3.76. The second-order valence-corrected chi connectivity index (χ2v) is 8.19. The summed E-state index contributed by atoms with van der Waals surface area (Å²) in [5.41, 5.74) is 1.39. The molecule has 1 heterocycles. The van der Waals surface area contributed by atoms with E-state index in [9.17, 15) is 9.59 Å². The molecule has 2 atom stereocenters. The van der Waals surface area contributed by atoms with Crippen LogP contribution in [0.5, 0.6) is 5.75 Å². The maximum atomic E-state index is 13.1. The number of ether oxygens (including phenoxy) is 1. The van der Waals surface area contributed by atoms with E-state index in [4.69, 9.17) is 16.3 Å². The molecule has 0 spiro atoms. The van der Waals surface area contributed by atoms with Crippen LogP contribution in [0.15, 0.2) is 48.5 Å². The van der Waals surface area contributed by atoms with E-state index in [1.165, 1.54) is 0 Å². The van der Waals surface area contributed by atoms with Gasteiger partial charge in [-0.15, -0.1) is 0 Å². The Bertz CT molecular complexity index is 884. The molecule has 1 saturated heterocycles. The van der Waals surface area contributed by atoms with Crippen molar-refractivity contribution < 1.29 is 14.3 Å². The van der Waals surface area contributed by atoms with Gasteiger partial charge in [0.2, 0.25) is 5.91 Å². The Balaban J connectivity index is 1.90. The van der Waals surface area contributed by atoms with E-state index in [1.54, 1.807) is 36.3 Å². The zero-order valence-electron chi connectivity index (χ0n) is 17.0. The minimum absolute atomic E-state index is 0.0379. The van der Waals surface area contributed by atoms with Crippen molar-refractivity contribution in [3.63, 3.8) is 0 Å².